The number of carbonyl (C=O) groups is 1. The highest BCUT2D eigenvalue weighted by atomic mass is 35.5. The highest BCUT2D eigenvalue weighted by molar-refractivity contribution is 5.85. The van der Waals surface area contributed by atoms with Crippen LogP contribution < -0.4 is 5.32 Å². The van der Waals surface area contributed by atoms with Gasteiger partial charge in [-0.3, -0.25) is 9.69 Å². The fourth-order valence-electron chi connectivity index (χ4n) is 3.79. The Labute approximate surface area is 163 Å². The Balaban J connectivity index is 0.00000243. The van der Waals surface area contributed by atoms with Gasteiger partial charge in [0.15, 0.2) is 0 Å². The number of rotatable bonds is 6. The molecular weight excluding hydrogens is 350 g/mol. The summed E-state index contributed by atoms with van der Waals surface area (Å²) < 4.78 is 6.02. The van der Waals surface area contributed by atoms with E-state index in [0.29, 0.717) is 19.2 Å². The molecule has 146 valence electrons. The van der Waals surface area contributed by atoms with Gasteiger partial charge in [0.25, 0.3) is 0 Å². The van der Waals surface area contributed by atoms with Gasteiger partial charge in [-0.1, -0.05) is 30.3 Å². The molecule has 0 bridgehead atoms. The number of carbonyl (C=O) groups excluding carboxylic acids is 1. The summed E-state index contributed by atoms with van der Waals surface area (Å²) in [7, 11) is 2.01. The van der Waals surface area contributed by atoms with Crippen molar-refractivity contribution in [3.05, 3.63) is 35.9 Å². The molecule has 6 heteroatoms. The van der Waals surface area contributed by atoms with Crippen molar-refractivity contribution in [3.8, 4) is 0 Å². The smallest absolute Gasteiger partial charge is 0.236 e. The van der Waals surface area contributed by atoms with Crippen molar-refractivity contribution in [1.82, 2.24) is 15.1 Å². The van der Waals surface area contributed by atoms with Gasteiger partial charge < -0.3 is 15.0 Å². The molecule has 1 unspecified atom stereocenters. The first-order valence-corrected chi connectivity index (χ1v) is 9.57. The van der Waals surface area contributed by atoms with Crippen LogP contribution in [0.2, 0.25) is 0 Å². The van der Waals surface area contributed by atoms with E-state index in [1.165, 1.54) is 18.4 Å². The highest BCUT2D eigenvalue weighted by Crippen LogP contribution is 2.17. The normalized spacial score (nSPS) is 22.0. The lowest BCUT2D eigenvalue weighted by Gasteiger charge is -2.36. The van der Waals surface area contributed by atoms with Crippen LogP contribution in [0.4, 0.5) is 0 Å². The van der Waals surface area contributed by atoms with E-state index in [4.69, 9.17) is 4.74 Å². The average molecular weight is 382 g/mol. The van der Waals surface area contributed by atoms with Gasteiger partial charge >= 0.3 is 0 Å². The van der Waals surface area contributed by atoms with E-state index in [9.17, 15) is 4.79 Å². The predicted octanol–water partition coefficient (Wildman–Crippen LogP) is 2.30. The molecule has 2 saturated heterocycles. The second kappa shape index (κ2) is 10.9. The topological polar surface area (TPSA) is 44.8 Å². The number of likely N-dealkylation sites (tertiary alicyclic amines) is 2. The minimum absolute atomic E-state index is 0. The molecule has 2 heterocycles. The Morgan fingerprint density at radius 1 is 1.15 bits per heavy atom. The first-order valence-electron chi connectivity index (χ1n) is 9.57. The first kappa shape index (κ1) is 21.2. The summed E-state index contributed by atoms with van der Waals surface area (Å²) in [5.41, 5.74) is 1.21. The number of ether oxygens (including phenoxy) is 1. The molecule has 2 aliphatic heterocycles. The molecule has 1 N–H and O–H groups in total. The summed E-state index contributed by atoms with van der Waals surface area (Å²) in [4.78, 5) is 16.9. The van der Waals surface area contributed by atoms with Crippen molar-refractivity contribution < 1.29 is 9.53 Å². The number of nitrogens with zero attached hydrogens (tertiary/aromatic N) is 2. The summed E-state index contributed by atoms with van der Waals surface area (Å²) >= 11 is 0. The lowest BCUT2D eigenvalue weighted by atomic mass is 10.1. The number of likely N-dealkylation sites (N-methyl/N-ethyl adjacent to an activating group) is 1. The van der Waals surface area contributed by atoms with Gasteiger partial charge in [-0.05, 0) is 44.8 Å². The number of amides is 1. The molecule has 0 saturated carbocycles. The van der Waals surface area contributed by atoms with Crippen LogP contribution in [0, 0.1) is 0 Å². The Bertz CT molecular complexity index is 535. The highest BCUT2D eigenvalue weighted by Gasteiger charge is 2.26. The molecule has 1 aromatic carbocycles. The third-order valence-corrected chi connectivity index (χ3v) is 5.40. The van der Waals surface area contributed by atoms with Crippen molar-refractivity contribution in [1.29, 1.82) is 0 Å². The Morgan fingerprint density at radius 3 is 2.58 bits per heavy atom. The molecule has 1 atom stereocenters. The molecule has 0 spiro atoms. The minimum Gasteiger partial charge on any atom is -0.373 e. The van der Waals surface area contributed by atoms with E-state index in [2.05, 4.69) is 22.3 Å². The monoisotopic (exact) mass is 381 g/mol. The van der Waals surface area contributed by atoms with Crippen molar-refractivity contribution in [2.45, 2.75) is 44.4 Å². The van der Waals surface area contributed by atoms with Crippen LogP contribution in [0.15, 0.2) is 30.3 Å². The zero-order valence-electron chi connectivity index (χ0n) is 15.7. The van der Waals surface area contributed by atoms with E-state index in [1.807, 2.05) is 30.1 Å². The van der Waals surface area contributed by atoms with Crippen LogP contribution in [-0.4, -0.2) is 67.6 Å². The van der Waals surface area contributed by atoms with Crippen LogP contribution in [0.5, 0.6) is 0 Å². The van der Waals surface area contributed by atoms with E-state index in [1.54, 1.807) is 0 Å². The molecule has 2 aliphatic rings. The van der Waals surface area contributed by atoms with Gasteiger partial charge in [0, 0.05) is 25.7 Å². The van der Waals surface area contributed by atoms with Crippen molar-refractivity contribution in [2.24, 2.45) is 0 Å². The number of hydrogen-bond acceptors (Lipinski definition) is 4. The summed E-state index contributed by atoms with van der Waals surface area (Å²) in [6.45, 7) is 4.90. The SMILES string of the molecule is CNC1CCCN(CC(=O)N2CCC(OCc3ccccc3)CC2)C1.Cl. The molecule has 26 heavy (non-hydrogen) atoms. The van der Waals surface area contributed by atoms with Crippen LogP contribution >= 0.6 is 12.4 Å². The number of piperidine rings is 2. The van der Waals surface area contributed by atoms with Gasteiger partial charge in [0.05, 0.1) is 19.3 Å². The maximum Gasteiger partial charge on any atom is 0.236 e. The second-order valence-corrected chi connectivity index (χ2v) is 7.24. The lowest BCUT2D eigenvalue weighted by Crippen LogP contribution is -2.50. The van der Waals surface area contributed by atoms with Crippen molar-refractivity contribution in [3.63, 3.8) is 0 Å². The molecule has 1 aromatic rings. The fourth-order valence-corrected chi connectivity index (χ4v) is 3.79. The van der Waals surface area contributed by atoms with Gasteiger partial charge in [-0.15, -0.1) is 12.4 Å². The van der Waals surface area contributed by atoms with Crippen LogP contribution in [0.1, 0.15) is 31.2 Å². The third-order valence-electron chi connectivity index (χ3n) is 5.40. The van der Waals surface area contributed by atoms with Crippen molar-refractivity contribution >= 4 is 18.3 Å². The zero-order chi connectivity index (χ0) is 17.5. The standard InChI is InChI=1S/C20H31N3O2.ClH/c1-21-18-8-5-11-22(14-18)15-20(24)23-12-9-19(10-13-23)25-16-17-6-3-2-4-7-17;/h2-4,6-7,18-19,21H,5,8-16H2,1H3;1H. The Kier molecular flexibility index (Phi) is 8.85. The van der Waals surface area contributed by atoms with Crippen molar-refractivity contribution in [2.75, 3.05) is 39.8 Å². The quantitative estimate of drug-likeness (QED) is 0.821. The number of hydrogen-bond donors (Lipinski definition) is 1. The molecule has 2 fully saturated rings. The molecule has 0 aromatic heterocycles. The predicted molar refractivity (Wildman–Crippen MR) is 107 cm³/mol. The Hall–Kier alpha value is -1.14. The van der Waals surface area contributed by atoms with E-state index in [-0.39, 0.29) is 24.4 Å². The lowest BCUT2D eigenvalue weighted by molar-refractivity contribution is -0.135. The maximum atomic E-state index is 12.6. The molecule has 0 aliphatic carbocycles. The molecule has 0 radical (unpaired) electrons. The fraction of sp³-hybridized carbons (Fsp3) is 0.650. The van der Waals surface area contributed by atoms with Crippen LogP contribution in [-0.2, 0) is 16.1 Å². The Morgan fingerprint density at radius 2 is 1.88 bits per heavy atom. The van der Waals surface area contributed by atoms with Gasteiger partial charge in [-0.25, -0.2) is 0 Å². The van der Waals surface area contributed by atoms with Crippen LogP contribution in [0.25, 0.3) is 0 Å². The van der Waals surface area contributed by atoms with Gasteiger partial charge in [-0.2, -0.15) is 0 Å². The summed E-state index contributed by atoms with van der Waals surface area (Å²) in [5.74, 6) is 0.276. The third kappa shape index (κ3) is 6.23. The molecule has 3 rings (SSSR count). The number of halogens is 1. The van der Waals surface area contributed by atoms with E-state index >= 15 is 0 Å². The molecule has 1 amide bonds. The van der Waals surface area contributed by atoms with Crippen LogP contribution in [0.3, 0.4) is 0 Å². The van der Waals surface area contributed by atoms with E-state index < -0.39 is 0 Å². The summed E-state index contributed by atoms with van der Waals surface area (Å²) in [5, 5.41) is 3.34. The number of benzene rings is 1. The minimum atomic E-state index is 0. The van der Waals surface area contributed by atoms with E-state index in [0.717, 1.165) is 39.0 Å². The first-order chi connectivity index (χ1) is 12.2. The molecule has 5 nitrogen and oxygen atoms in total. The average Bonchev–Trinajstić information content (AvgIpc) is 2.67. The molecular formula is C20H32ClN3O2. The van der Waals surface area contributed by atoms with Gasteiger partial charge in [0.1, 0.15) is 0 Å². The summed E-state index contributed by atoms with van der Waals surface area (Å²) in [6, 6.07) is 10.8. The zero-order valence-corrected chi connectivity index (χ0v) is 16.5. The van der Waals surface area contributed by atoms with Gasteiger partial charge in [0.2, 0.25) is 5.91 Å². The maximum absolute atomic E-state index is 12.6. The summed E-state index contributed by atoms with van der Waals surface area (Å²) in [6.07, 6.45) is 4.54. The largest absolute Gasteiger partial charge is 0.373 e. The number of nitrogens with one attached hydrogen (secondary N) is 1. The second-order valence-electron chi connectivity index (χ2n) is 7.24.